The summed E-state index contributed by atoms with van der Waals surface area (Å²) >= 11 is 5.82. The highest BCUT2D eigenvalue weighted by atomic mass is 35.5. The molecular weight excluding hydrogens is 278 g/mol. The van der Waals surface area contributed by atoms with E-state index < -0.39 is 0 Å². The van der Waals surface area contributed by atoms with E-state index >= 15 is 0 Å². The van der Waals surface area contributed by atoms with Crippen LogP contribution in [0.5, 0.6) is 0 Å². The fraction of sp³-hybridized carbons (Fsp3) is 0.429. The second-order valence-electron chi connectivity index (χ2n) is 4.38. The maximum absolute atomic E-state index is 11.6. The van der Waals surface area contributed by atoms with E-state index in [4.69, 9.17) is 11.6 Å². The molecule has 0 saturated carbocycles. The summed E-state index contributed by atoms with van der Waals surface area (Å²) in [5, 5.41) is 8.93. The molecule has 0 fully saturated rings. The van der Waals surface area contributed by atoms with Gasteiger partial charge < -0.3 is 16.0 Å². The van der Waals surface area contributed by atoms with Gasteiger partial charge in [0, 0.05) is 17.6 Å². The van der Waals surface area contributed by atoms with Crippen molar-refractivity contribution < 1.29 is 9.59 Å². The van der Waals surface area contributed by atoms with Gasteiger partial charge in [-0.25, -0.2) is 0 Å². The number of amides is 2. The molecule has 5 nitrogen and oxygen atoms in total. The van der Waals surface area contributed by atoms with Crippen LogP contribution < -0.4 is 16.0 Å². The van der Waals surface area contributed by atoms with Crippen LogP contribution in [0.4, 0.5) is 0 Å². The molecule has 0 heterocycles. The maximum atomic E-state index is 11.6. The zero-order valence-corrected chi connectivity index (χ0v) is 12.5. The first kappa shape index (κ1) is 16.5. The smallest absolute Gasteiger partial charge is 0.239 e. The molecule has 0 unspecified atom stereocenters. The lowest BCUT2D eigenvalue weighted by molar-refractivity contribution is -0.125. The van der Waals surface area contributed by atoms with Crippen molar-refractivity contribution in [3.8, 4) is 0 Å². The number of hydrogen-bond donors (Lipinski definition) is 3. The third-order valence-corrected chi connectivity index (χ3v) is 3.01. The third kappa shape index (κ3) is 6.04. The standard InChI is InChI=1S/C14H20ClN3O2/c1-3-16-13(19)9-18-14(20)8-17-10(2)11-4-6-12(15)7-5-11/h4-7,10,17H,3,8-9H2,1-2H3,(H,16,19)(H,18,20)/t10-/m0/s1. The molecule has 6 heteroatoms. The molecule has 0 saturated heterocycles. The van der Waals surface area contributed by atoms with Crippen LogP contribution in [-0.4, -0.2) is 31.4 Å². The zero-order chi connectivity index (χ0) is 15.0. The second kappa shape index (κ2) is 8.55. The molecule has 0 spiro atoms. The van der Waals surface area contributed by atoms with Gasteiger partial charge in [0.25, 0.3) is 0 Å². The highest BCUT2D eigenvalue weighted by Crippen LogP contribution is 2.15. The van der Waals surface area contributed by atoms with Crippen molar-refractivity contribution in [2.75, 3.05) is 19.6 Å². The minimum absolute atomic E-state index is 0.00365. The van der Waals surface area contributed by atoms with E-state index in [0.717, 1.165) is 5.56 Å². The van der Waals surface area contributed by atoms with E-state index in [0.29, 0.717) is 11.6 Å². The van der Waals surface area contributed by atoms with E-state index in [-0.39, 0.29) is 30.9 Å². The Hall–Kier alpha value is -1.59. The van der Waals surface area contributed by atoms with E-state index in [1.165, 1.54) is 0 Å². The minimum atomic E-state index is -0.211. The summed E-state index contributed by atoms with van der Waals surface area (Å²) in [5.41, 5.74) is 1.05. The van der Waals surface area contributed by atoms with Crippen LogP contribution in [0.3, 0.4) is 0 Å². The maximum Gasteiger partial charge on any atom is 0.239 e. The van der Waals surface area contributed by atoms with Crippen LogP contribution in [0, 0.1) is 0 Å². The van der Waals surface area contributed by atoms with E-state index in [9.17, 15) is 9.59 Å². The van der Waals surface area contributed by atoms with Gasteiger partial charge in [0.2, 0.25) is 11.8 Å². The lowest BCUT2D eigenvalue weighted by Gasteiger charge is -2.14. The molecule has 0 aliphatic heterocycles. The van der Waals surface area contributed by atoms with Crippen molar-refractivity contribution in [2.24, 2.45) is 0 Å². The van der Waals surface area contributed by atoms with Gasteiger partial charge in [-0.05, 0) is 31.5 Å². The zero-order valence-electron chi connectivity index (χ0n) is 11.7. The molecule has 1 atom stereocenters. The van der Waals surface area contributed by atoms with Gasteiger partial charge in [0.1, 0.15) is 0 Å². The molecule has 0 aromatic heterocycles. The Bertz CT molecular complexity index is 448. The molecule has 0 aliphatic rings. The first-order valence-electron chi connectivity index (χ1n) is 6.55. The minimum Gasteiger partial charge on any atom is -0.355 e. The van der Waals surface area contributed by atoms with Gasteiger partial charge in [-0.3, -0.25) is 9.59 Å². The Labute approximate surface area is 124 Å². The molecule has 0 aliphatic carbocycles. The average molecular weight is 298 g/mol. The number of carbonyl (C=O) groups excluding carboxylic acids is 2. The Morgan fingerprint density at radius 1 is 1.10 bits per heavy atom. The van der Waals surface area contributed by atoms with Gasteiger partial charge in [0.15, 0.2) is 0 Å². The van der Waals surface area contributed by atoms with Crippen molar-refractivity contribution >= 4 is 23.4 Å². The van der Waals surface area contributed by atoms with Crippen molar-refractivity contribution in [3.05, 3.63) is 34.9 Å². The van der Waals surface area contributed by atoms with E-state index in [2.05, 4.69) is 16.0 Å². The predicted molar refractivity (Wildman–Crippen MR) is 79.6 cm³/mol. The summed E-state index contributed by atoms with van der Waals surface area (Å²) < 4.78 is 0. The number of hydrogen-bond acceptors (Lipinski definition) is 3. The van der Waals surface area contributed by atoms with Crippen molar-refractivity contribution in [1.29, 1.82) is 0 Å². The lowest BCUT2D eigenvalue weighted by atomic mass is 10.1. The van der Waals surface area contributed by atoms with Gasteiger partial charge in [-0.15, -0.1) is 0 Å². The summed E-state index contributed by atoms with van der Waals surface area (Å²) in [4.78, 5) is 22.7. The Morgan fingerprint density at radius 3 is 2.30 bits per heavy atom. The first-order valence-corrected chi connectivity index (χ1v) is 6.93. The first-order chi connectivity index (χ1) is 9.52. The number of halogens is 1. The second-order valence-corrected chi connectivity index (χ2v) is 4.82. The number of rotatable bonds is 7. The number of benzene rings is 1. The van der Waals surface area contributed by atoms with Crippen LogP contribution in [0.1, 0.15) is 25.5 Å². The highest BCUT2D eigenvalue weighted by molar-refractivity contribution is 6.30. The molecule has 2 amide bonds. The van der Waals surface area contributed by atoms with Gasteiger partial charge in [0.05, 0.1) is 13.1 Å². The normalized spacial score (nSPS) is 11.8. The lowest BCUT2D eigenvalue weighted by Crippen LogP contribution is -2.41. The molecule has 0 bridgehead atoms. The quantitative estimate of drug-likeness (QED) is 0.709. The van der Waals surface area contributed by atoms with E-state index in [1.54, 1.807) is 0 Å². The van der Waals surface area contributed by atoms with Gasteiger partial charge >= 0.3 is 0 Å². The van der Waals surface area contributed by atoms with Crippen LogP contribution in [-0.2, 0) is 9.59 Å². The van der Waals surface area contributed by atoms with Crippen LogP contribution >= 0.6 is 11.6 Å². The molecule has 3 N–H and O–H groups in total. The monoisotopic (exact) mass is 297 g/mol. The Balaban J connectivity index is 2.30. The predicted octanol–water partition coefficient (Wildman–Crippen LogP) is 1.24. The SMILES string of the molecule is CCNC(=O)CNC(=O)CN[C@@H](C)c1ccc(Cl)cc1. The summed E-state index contributed by atoms with van der Waals surface area (Å²) in [6, 6.07) is 7.47. The van der Waals surface area contributed by atoms with Crippen molar-refractivity contribution in [3.63, 3.8) is 0 Å². The summed E-state index contributed by atoms with van der Waals surface area (Å²) in [6.45, 7) is 4.50. The van der Waals surface area contributed by atoms with Crippen LogP contribution in [0.15, 0.2) is 24.3 Å². The largest absolute Gasteiger partial charge is 0.355 e. The number of carbonyl (C=O) groups is 2. The Kier molecular flexibility index (Phi) is 7.04. The summed E-state index contributed by atoms with van der Waals surface area (Å²) in [5.74, 6) is -0.399. The number of nitrogens with one attached hydrogen (secondary N) is 3. The molecule has 1 aromatic rings. The van der Waals surface area contributed by atoms with Gasteiger partial charge in [-0.1, -0.05) is 23.7 Å². The highest BCUT2D eigenvalue weighted by Gasteiger charge is 2.08. The Morgan fingerprint density at radius 2 is 1.70 bits per heavy atom. The summed E-state index contributed by atoms with van der Waals surface area (Å²) in [7, 11) is 0. The molecule has 1 aromatic carbocycles. The average Bonchev–Trinajstić information content (AvgIpc) is 2.43. The van der Waals surface area contributed by atoms with Crippen LogP contribution in [0.25, 0.3) is 0 Å². The summed E-state index contributed by atoms with van der Waals surface area (Å²) in [6.07, 6.45) is 0. The molecule has 110 valence electrons. The van der Waals surface area contributed by atoms with Gasteiger partial charge in [-0.2, -0.15) is 0 Å². The van der Waals surface area contributed by atoms with Crippen molar-refractivity contribution in [1.82, 2.24) is 16.0 Å². The molecule has 20 heavy (non-hydrogen) atoms. The molecule has 1 rings (SSSR count). The number of likely N-dealkylation sites (N-methyl/N-ethyl adjacent to an activating group) is 1. The van der Waals surface area contributed by atoms with Crippen LogP contribution in [0.2, 0.25) is 5.02 Å². The fourth-order valence-corrected chi connectivity index (χ4v) is 1.74. The topological polar surface area (TPSA) is 70.2 Å². The molecule has 0 radical (unpaired) electrons. The third-order valence-electron chi connectivity index (χ3n) is 2.76. The van der Waals surface area contributed by atoms with Crippen molar-refractivity contribution in [2.45, 2.75) is 19.9 Å². The fourth-order valence-electron chi connectivity index (χ4n) is 1.62. The molecular formula is C14H20ClN3O2. The van der Waals surface area contributed by atoms with E-state index in [1.807, 2.05) is 38.1 Å².